The summed E-state index contributed by atoms with van der Waals surface area (Å²) in [5.74, 6) is 6.86. The van der Waals surface area contributed by atoms with Crippen LogP contribution in [0.15, 0.2) is 48.7 Å². The number of pyridine rings is 1. The Hall–Kier alpha value is -2.60. The van der Waals surface area contributed by atoms with Gasteiger partial charge in [-0.1, -0.05) is 42.9 Å². The molecular formula is C22H22N2O. The molecule has 3 heteroatoms. The van der Waals surface area contributed by atoms with Gasteiger partial charge >= 0.3 is 0 Å². The molecule has 2 fully saturated rings. The van der Waals surface area contributed by atoms with Crippen molar-refractivity contribution in [1.82, 2.24) is 9.88 Å². The van der Waals surface area contributed by atoms with Gasteiger partial charge < -0.3 is 4.90 Å². The van der Waals surface area contributed by atoms with Crippen molar-refractivity contribution in [2.45, 2.75) is 37.6 Å². The normalized spacial score (nSPS) is 25.2. The second-order valence-corrected chi connectivity index (χ2v) is 7.03. The summed E-state index contributed by atoms with van der Waals surface area (Å²) in [6.07, 6.45) is 6.51. The molecule has 4 rings (SSSR count). The lowest BCUT2D eigenvalue weighted by Gasteiger charge is -2.29. The Morgan fingerprint density at radius 3 is 2.52 bits per heavy atom. The number of benzene rings is 1. The van der Waals surface area contributed by atoms with Crippen LogP contribution in [-0.2, 0) is 4.79 Å². The highest BCUT2D eigenvalue weighted by molar-refractivity contribution is 5.86. The molecular weight excluding hydrogens is 308 g/mol. The van der Waals surface area contributed by atoms with E-state index < -0.39 is 0 Å². The molecule has 1 aliphatic heterocycles. The molecule has 25 heavy (non-hydrogen) atoms. The molecule has 0 unspecified atom stereocenters. The van der Waals surface area contributed by atoms with Gasteiger partial charge in [0.05, 0.1) is 11.6 Å². The molecule has 3 atom stereocenters. The third kappa shape index (κ3) is 3.05. The molecule has 1 saturated heterocycles. The molecule has 1 saturated carbocycles. The summed E-state index contributed by atoms with van der Waals surface area (Å²) in [4.78, 5) is 19.3. The lowest BCUT2D eigenvalue weighted by molar-refractivity contribution is -0.128. The third-order valence-electron chi connectivity index (χ3n) is 5.55. The van der Waals surface area contributed by atoms with Gasteiger partial charge in [0.15, 0.2) is 0 Å². The van der Waals surface area contributed by atoms with Crippen molar-refractivity contribution in [3.05, 3.63) is 65.5 Å². The minimum absolute atomic E-state index is 0.0774. The van der Waals surface area contributed by atoms with Gasteiger partial charge in [-0.2, -0.15) is 0 Å². The first-order valence-corrected chi connectivity index (χ1v) is 9.04. The van der Waals surface area contributed by atoms with E-state index in [1.54, 1.807) is 6.20 Å². The number of amides is 1. The number of likely N-dealkylation sites (tertiary alicyclic amines) is 1. The predicted molar refractivity (Wildman–Crippen MR) is 97.9 cm³/mol. The van der Waals surface area contributed by atoms with Gasteiger partial charge in [0, 0.05) is 30.4 Å². The number of aromatic nitrogens is 1. The van der Waals surface area contributed by atoms with E-state index >= 15 is 0 Å². The van der Waals surface area contributed by atoms with Crippen LogP contribution in [0.25, 0.3) is 0 Å². The standard InChI is InChI=1S/C22H22N2O/c1-24-20-10-6-5-9-18(20)21(22(24)25)19-14-13-17(15-23-19)12-11-16-7-3-2-4-8-16/h2-4,7-8,13-15,18,20-21H,5-6,9-10H2,1H3/t18-,20+,21-/m1/s1. The highest BCUT2D eigenvalue weighted by atomic mass is 16.2. The second-order valence-electron chi connectivity index (χ2n) is 7.03. The summed E-state index contributed by atoms with van der Waals surface area (Å²) in [7, 11) is 1.95. The van der Waals surface area contributed by atoms with Crippen LogP contribution in [0.5, 0.6) is 0 Å². The van der Waals surface area contributed by atoms with Gasteiger partial charge in [-0.15, -0.1) is 0 Å². The SMILES string of the molecule is CN1C(=O)[C@@H](c2ccc(C#Cc3ccccc3)cn2)[C@@H]2CCCC[C@@H]21. The van der Waals surface area contributed by atoms with Gasteiger partial charge in [-0.05, 0) is 43.0 Å². The number of rotatable bonds is 1. The molecule has 0 radical (unpaired) electrons. The Bertz CT molecular complexity index is 817. The maximum atomic E-state index is 12.7. The van der Waals surface area contributed by atoms with Crippen LogP contribution >= 0.6 is 0 Å². The van der Waals surface area contributed by atoms with Gasteiger partial charge in [-0.25, -0.2) is 0 Å². The summed E-state index contributed by atoms with van der Waals surface area (Å²) < 4.78 is 0. The Morgan fingerprint density at radius 2 is 1.76 bits per heavy atom. The second kappa shape index (κ2) is 6.72. The van der Waals surface area contributed by atoms with E-state index in [1.807, 2.05) is 54.4 Å². The molecule has 0 bridgehead atoms. The van der Waals surface area contributed by atoms with Crippen molar-refractivity contribution in [2.75, 3.05) is 7.05 Å². The van der Waals surface area contributed by atoms with Crippen LogP contribution in [0.2, 0.25) is 0 Å². The zero-order chi connectivity index (χ0) is 17.2. The van der Waals surface area contributed by atoms with Crippen molar-refractivity contribution < 1.29 is 4.79 Å². The molecule has 2 aromatic rings. The summed E-state index contributed by atoms with van der Waals surface area (Å²) >= 11 is 0. The Labute approximate surface area is 149 Å². The number of fused-ring (bicyclic) bond motifs is 1. The minimum atomic E-state index is -0.0774. The number of carbonyl (C=O) groups is 1. The lowest BCUT2D eigenvalue weighted by atomic mass is 9.78. The van der Waals surface area contributed by atoms with Crippen LogP contribution in [0, 0.1) is 17.8 Å². The first-order valence-electron chi connectivity index (χ1n) is 9.04. The van der Waals surface area contributed by atoms with Crippen molar-refractivity contribution in [3.8, 4) is 11.8 Å². The average molecular weight is 330 g/mol. The van der Waals surface area contributed by atoms with Gasteiger partial charge in [-0.3, -0.25) is 9.78 Å². The van der Waals surface area contributed by atoms with Crippen LogP contribution in [0.4, 0.5) is 0 Å². The van der Waals surface area contributed by atoms with E-state index in [9.17, 15) is 4.79 Å². The number of carbonyl (C=O) groups excluding carboxylic acids is 1. The predicted octanol–water partition coefficient (Wildman–Crippen LogP) is 3.60. The first-order chi connectivity index (χ1) is 12.2. The fraction of sp³-hybridized carbons (Fsp3) is 0.364. The van der Waals surface area contributed by atoms with Crippen LogP contribution in [0.1, 0.15) is 48.4 Å². The van der Waals surface area contributed by atoms with Crippen LogP contribution in [0.3, 0.4) is 0 Å². The molecule has 2 heterocycles. The lowest BCUT2D eigenvalue weighted by Crippen LogP contribution is -2.33. The van der Waals surface area contributed by atoms with Gasteiger partial charge in [0.2, 0.25) is 5.91 Å². The van der Waals surface area contributed by atoms with Crippen LogP contribution in [-0.4, -0.2) is 28.9 Å². The zero-order valence-electron chi connectivity index (χ0n) is 14.5. The number of hydrogen-bond acceptors (Lipinski definition) is 2. The minimum Gasteiger partial charge on any atom is -0.342 e. The quantitative estimate of drug-likeness (QED) is 0.749. The molecule has 1 aromatic heterocycles. The summed E-state index contributed by atoms with van der Waals surface area (Å²) in [6, 6.07) is 14.3. The molecule has 1 amide bonds. The van der Waals surface area contributed by atoms with Crippen molar-refractivity contribution >= 4 is 5.91 Å². The average Bonchev–Trinajstić information content (AvgIpc) is 2.92. The summed E-state index contributed by atoms with van der Waals surface area (Å²) in [5.41, 5.74) is 2.77. The number of likely N-dealkylation sites (N-methyl/N-ethyl adjacent to an activating group) is 1. The van der Waals surface area contributed by atoms with Crippen molar-refractivity contribution in [3.63, 3.8) is 0 Å². The fourth-order valence-corrected chi connectivity index (χ4v) is 4.25. The van der Waals surface area contributed by atoms with Crippen molar-refractivity contribution in [1.29, 1.82) is 0 Å². The fourth-order valence-electron chi connectivity index (χ4n) is 4.25. The molecule has 0 spiro atoms. The van der Waals surface area contributed by atoms with E-state index in [0.717, 1.165) is 29.7 Å². The Kier molecular flexibility index (Phi) is 4.28. The molecule has 2 aliphatic rings. The third-order valence-corrected chi connectivity index (χ3v) is 5.55. The monoisotopic (exact) mass is 330 g/mol. The number of nitrogens with zero attached hydrogens (tertiary/aromatic N) is 2. The number of hydrogen-bond donors (Lipinski definition) is 0. The maximum absolute atomic E-state index is 12.7. The molecule has 1 aliphatic carbocycles. The van der Waals surface area contributed by atoms with Crippen LogP contribution < -0.4 is 0 Å². The topological polar surface area (TPSA) is 33.2 Å². The van der Waals surface area contributed by atoms with E-state index in [-0.39, 0.29) is 11.8 Å². The first kappa shape index (κ1) is 15.9. The largest absolute Gasteiger partial charge is 0.342 e. The molecule has 0 N–H and O–H groups in total. The molecule has 126 valence electrons. The van der Waals surface area contributed by atoms with Crippen molar-refractivity contribution in [2.24, 2.45) is 5.92 Å². The molecule has 3 nitrogen and oxygen atoms in total. The Morgan fingerprint density at radius 1 is 1.00 bits per heavy atom. The smallest absolute Gasteiger partial charge is 0.232 e. The molecule has 1 aromatic carbocycles. The highest BCUT2D eigenvalue weighted by Gasteiger charge is 2.48. The van der Waals surface area contributed by atoms with E-state index in [4.69, 9.17) is 0 Å². The Balaban J connectivity index is 1.56. The summed E-state index contributed by atoms with van der Waals surface area (Å²) in [6.45, 7) is 0. The zero-order valence-corrected chi connectivity index (χ0v) is 14.5. The van der Waals surface area contributed by atoms with E-state index in [2.05, 4.69) is 16.8 Å². The van der Waals surface area contributed by atoms with E-state index in [1.165, 1.54) is 12.8 Å². The summed E-state index contributed by atoms with van der Waals surface area (Å²) in [5, 5.41) is 0. The highest BCUT2D eigenvalue weighted by Crippen LogP contribution is 2.44. The maximum Gasteiger partial charge on any atom is 0.232 e. The van der Waals surface area contributed by atoms with E-state index in [0.29, 0.717) is 12.0 Å². The van der Waals surface area contributed by atoms with Gasteiger partial charge in [0.25, 0.3) is 0 Å². The van der Waals surface area contributed by atoms with Gasteiger partial charge in [0.1, 0.15) is 0 Å².